The summed E-state index contributed by atoms with van der Waals surface area (Å²) in [5, 5.41) is 3.47. The average molecular weight is 427 g/mol. The van der Waals surface area contributed by atoms with Crippen LogP contribution in [0.15, 0.2) is 24.4 Å². The molecule has 2 aromatic heterocycles. The fourth-order valence-electron chi connectivity index (χ4n) is 3.40. The molecule has 31 heavy (non-hydrogen) atoms. The lowest BCUT2D eigenvalue weighted by atomic mass is 10.2. The molecule has 0 atom stereocenters. The van der Waals surface area contributed by atoms with Gasteiger partial charge in [0.1, 0.15) is 17.1 Å². The summed E-state index contributed by atoms with van der Waals surface area (Å²) in [6.07, 6.45) is 2.53. The number of piperazine rings is 1. The van der Waals surface area contributed by atoms with Crippen molar-refractivity contribution in [2.45, 2.75) is 46.6 Å². The summed E-state index contributed by atoms with van der Waals surface area (Å²) in [7, 11) is 0. The zero-order chi connectivity index (χ0) is 22.4. The van der Waals surface area contributed by atoms with Gasteiger partial charge < -0.3 is 15.0 Å². The van der Waals surface area contributed by atoms with Crippen molar-refractivity contribution in [1.29, 1.82) is 0 Å². The molecule has 8 nitrogen and oxygen atoms in total. The van der Waals surface area contributed by atoms with Crippen molar-refractivity contribution in [1.82, 2.24) is 24.8 Å². The molecule has 3 heterocycles. The third-order valence-corrected chi connectivity index (χ3v) is 5.25. The summed E-state index contributed by atoms with van der Waals surface area (Å²) in [5.41, 5.74) is 2.34. The standard InChI is InChI=1S/C23H34N6O2/c1-17-18(2)26-21(19-9-6-7-10-24-19)27-20(17)25-11-8-12-28-13-15-29(16-14-28)22(30)31-23(3,4)5/h6-7,9-10H,8,11-16H2,1-5H3,(H,25,26,27). The monoisotopic (exact) mass is 426 g/mol. The molecule has 0 radical (unpaired) electrons. The van der Waals surface area contributed by atoms with Gasteiger partial charge in [-0.2, -0.15) is 0 Å². The minimum absolute atomic E-state index is 0.216. The Kier molecular flexibility index (Phi) is 7.43. The molecule has 0 aromatic carbocycles. The van der Waals surface area contributed by atoms with Crippen molar-refractivity contribution in [3.63, 3.8) is 0 Å². The lowest BCUT2D eigenvalue weighted by Crippen LogP contribution is -2.50. The Morgan fingerprint density at radius 1 is 1.13 bits per heavy atom. The average Bonchev–Trinajstić information content (AvgIpc) is 2.73. The van der Waals surface area contributed by atoms with Gasteiger partial charge in [-0.15, -0.1) is 0 Å². The van der Waals surface area contributed by atoms with E-state index in [1.165, 1.54) is 0 Å². The number of carbonyl (C=O) groups excluding carboxylic acids is 1. The Bertz CT molecular complexity index is 874. The van der Waals surface area contributed by atoms with Gasteiger partial charge in [0, 0.05) is 50.2 Å². The van der Waals surface area contributed by atoms with E-state index >= 15 is 0 Å². The van der Waals surface area contributed by atoms with Crippen LogP contribution in [0.3, 0.4) is 0 Å². The van der Waals surface area contributed by atoms with Gasteiger partial charge in [-0.1, -0.05) is 6.07 Å². The molecule has 0 bridgehead atoms. The normalized spacial score (nSPS) is 15.1. The first-order valence-electron chi connectivity index (χ1n) is 10.9. The summed E-state index contributed by atoms with van der Waals surface area (Å²) >= 11 is 0. The maximum absolute atomic E-state index is 12.2. The van der Waals surface area contributed by atoms with Crippen LogP contribution in [0.2, 0.25) is 0 Å². The molecule has 3 rings (SSSR count). The number of pyridine rings is 1. The largest absolute Gasteiger partial charge is 0.444 e. The third kappa shape index (κ3) is 6.62. The first-order valence-corrected chi connectivity index (χ1v) is 10.9. The fourth-order valence-corrected chi connectivity index (χ4v) is 3.40. The maximum Gasteiger partial charge on any atom is 0.410 e. The molecule has 0 aliphatic carbocycles. The number of amides is 1. The zero-order valence-electron chi connectivity index (χ0n) is 19.3. The summed E-state index contributed by atoms with van der Waals surface area (Å²) in [6, 6.07) is 5.75. The van der Waals surface area contributed by atoms with E-state index in [4.69, 9.17) is 4.74 Å². The van der Waals surface area contributed by atoms with E-state index in [-0.39, 0.29) is 6.09 Å². The van der Waals surface area contributed by atoms with Crippen molar-refractivity contribution in [3.05, 3.63) is 35.7 Å². The van der Waals surface area contributed by atoms with Gasteiger partial charge in [0.05, 0.1) is 0 Å². The topological polar surface area (TPSA) is 83.5 Å². The first kappa shape index (κ1) is 22.9. The molecule has 1 saturated heterocycles. The van der Waals surface area contributed by atoms with E-state index < -0.39 is 5.60 Å². The summed E-state index contributed by atoms with van der Waals surface area (Å²) in [4.78, 5) is 30.0. The Balaban J connectivity index is 1.45. The lowest BCUT2D eigenvalue weighted by Gasteiger charge is -2.35. The second-order valence-corrected chi connectivity index (χ2v) is 8.91. The number of ether oxygens (including phenoxy) is 1. The lowest BCUT2D eigenvalue weighted by molar-refractivity contribution is 0.0145. The van der Waals surface area contributed by atoms with Crippen LogP contribution in [0.4, 0.5) is 10.6 Å². The molecular formula is C23H34N6O2. The van der Waals surface area contributed by atoms with E-state index in [0.29, 0.717) is 18.9 Å². The molecule has 1 aliphatic heterocycles. The van der Waals surface area contributed by atoms with Crippen LogP contribution in [0.25, 0.3) is 11.5 Å². The van der Waals surface area contributed by atoms with Crippen molar-refractivity contribution < 1.29 is 9.53 Å². The van der Waals surface area contributed by atoms with Gasteiger partial charge in [0.25, 0.3) is 0 Å². The van der Waals surface area contributed by atoms with Gasteiger partial charge in [0.2, 0.25) is 0 Å². The summed E-state index contributed by atoms with van der Waals surface area (Å²) < 4.78 is 5.46. The van der Waals surface area contributed by atoms with Crippen LogP contribution in [0.5, 0.6) is 0 Å². The number of aryl methyl sites for hydroxylation is 1. The fraction of sp³-hybridized carbons (Fsp3) is 0.565. The third-order valence-electron chi connectivity index (χ3n) is 5.25. The Morgan fingerprint density at radius 3 is 2.52 bits per heavy atom. The molecule has 1 amide bonds. The van der Waals surface area contributed by atoms with Gasteiger partial charge in [-0.05, 0) is 59.7 Å². The molecular weight excluding hydrogens is 392 g/mol. The van der Waals surface area contributed by atoms with Crippen molar-refractivity contribution in [2.24, 2.45) is 0 Å². The van der Waals surface area contributed by atoms with Crippen LogP contribution in [0, 0.1) is 13.8 Å². The molecule has 168 valence electrons. The van der Waals surface area contributed by atoms with E-state index in [1.807, 2.05) is 52.8 Å². The molecule has 1 aliphatic rings. The van der Waals surface area contributed by atoms with Crippen LogP contribution < -0.4 is 5.32 Å². The second-order valence-electron chi connectivity index (χ2n) is 8.91. The van der Waals surface area contributed by atoms with Gasteiger partial charge >= 0.3 is 6.09 Å². The number of hydrogen-bond donors (Lipinski definition) is 1. The van der Waals surface area contributed by atoms with E-state index in [0.717, 1.165) is 55.4 Å². The number of rotatable bonds is 6. The molecule has 8 heteroatoms. The highest BCUT2D eigenvalue weighted by Gasteiger charge is 2.25. The smallest absolute Gasteiger partial charge is 0.410 e. The second kappa shape index (κ2) is 10.0. The highest BCUT2D eigenvalue weighted by Crippen LogP contribution is 2.20. The molecule has 2 aromatic rings. The minimum Gasteiger partial charge on any atom is -0.444 e. The summed E-state index contributed by atoms with van der Waals surface area (Å²) in [5.74, 6) is 1.51. The molecule has 1 fully saturated rings. The number of carbonyl (C=O) groups is 1. The minimum atomic E-state index is -0.451. The molecule has 0 spiro atoms. The number of anilines is 1. The predicted octanol–water partition coefficient (Wildman–Crippen LogP) is 3.51. The predicted molar refractivity (Wildman–Crippen MR) is 122 cm³/mol. The van der Waals surface area contributed by atoms with Crippen molar-refractivity contribution in [2.75, 3.05) is 44.6 Å². The van der Waals surface area contributed by atoms with Crippen LogP contribution >= 0.6 is 0 Å². The molecule has 0 unspecified atom stereocenters. The van der Waals surface area contributed by atoms with Crippen molar-refractivity contribution >= 4 is 11.9 Å². The van der Waals surface area contributed by atoms with Gasteiger partial charge in [-0.25, -0.2) is 14.8 Å². The van der Waals surface area contributed by atoms with Gasteiger partial charge in [-0.3, -0.25) is 9.88 Å². The number of aromatic nitrogens is 3. The number of hydrogen-bond acceptors (Lipinski definition) is 7. The summed E-state index contributed by atoms with van der Waals surface area (Å²) in [6.45, 7) is 14.7. The SMILES string of the molecule is Cc1nc(-c2ccccn2)nc(NCCCN2CCN(C(=O)OC(C)(C)C)CC2)c1C. The Morgan fingerprint density at radius 2 is 1.87 bits per heavy atom. The van der Waals surface area contributed by atoms with E-state index in [9.17, 15) is 4.79 Å². The van der Waals surface area contributed by atoms with Crippen molar-refractivity contribution in [3.8, 4) is 11.5 Å². The number of nitrogens with one attached hydrogen (secondary N) is 1. The van der Waals surface area contributed by atoms with Crippen LogP contribution in [0.1, 0.15) is 38.4 Å². The maximum atomic E-state index is 12.2. The van der Waals surface area contributed by atoms with E-state index in [1.54, 1.807) is 11.1 Å². The first-order chi connectivity index (χ1) is 14.7. The number of nitrogens with zero attached hydrogens (tertiary/aromatic N) is 5. The Labute approximate surface area is 185 Å². The van der Waals surface area contributed by atoms with Crippen LogP contribution in [-0.4, -0.2) is 75.7 Å². The quantitative estimate of drug-likeness (QED) is 0.708. The molecule has 1 N–H and O–H groups in total. The van der Waals surface area contributed by atoms with Gasteiger partial charge in [0.15, 0.2) is 5.82 Å². The Hall–Kier alpha value is -2.74. The highest BCUT2D eigenvalue weighted by molar-refractivity contribution is 5.68. The van der Waals surface area contributed by atoms with Crippen LogP contribution in [-0.2, 0) is 4.74 Å². The highest BCUT2D eigenvalue weighted by atomic mass is 16.6. The van der Waals surface area contributed by atoms with E-state index in [2.05, 4.69) is 25.2 Å². The zero-order valence-corrected chi connectivity index (χ0v) is 19.3. The molecule has 0 saturated carbocycles.